The zero-order valence-electron chi connectivity index (χ0n) is 8.23. The predicted octanol–water partition coefficient (Wildman–Crippen LogP) is 2.67. The molecule has 0 radical (unpaired) electrons. The first-order valence-electron chi connectivity index (χ1n) is 4.50. The zero-order valence-corrected chi connectivity index (χ0v) is 9.04. The van der Waals surface area contributed by atoms with Crippen LogP contribution < -0.4 is 0 Å². The number of carboxylic acid groups (broad SMARTS) is 1. The van der Waals surface area contributed by atoms with Crippen LogP contribution in [0.15, 0.2) is 23.2 Å². The Kier molecular flexibility index (Phi) is 3.95. The van der Waals surface area contributed by atoms with Gasteiger partial charge in [-0.3, -0.25) is 0 Å². The molecule has 1 atom stereocenters. The number of carbonyl (C=O) groups is 1. The number of aromatic nitrogens is 1. The summed E-state index contributed by atoms with van der Waals surface area (Å²) in [7, 11) is 0. The van der Waals surface area contributed by atoms with Gasteiger partial charge in [0.05, 0.1) is 0 Å². The number of hydrogen-bond acceptors (Lipinski definition) is 3. The Morgan fingerprint density at radius 1 is 1.71 bits per heavy atom. The van der Waals surface area contributed by atoms with Crippen LogP contribution in [0.3, 0.4) is 0 Å². The summed E-state index contributed by atoms with van der Waals surface area (Å²) in [5, 5.41) is 9.29. The van der Waals surface area contributed by atoms with Gasteiger partial charge in [0.15, 0.2) is 5.69 Å². The Morgan fingerprint density at radius 3 is 3.00 bits per heavy atom. The van der Waals surface area contributed by atoms with Crippen molar-refractivity contribution in [3.63, 3.8) is 0 Å². The van der Waals surface area contributed by atoms with Crippen molar-refractivity contribution < 1.29 is 9.90 Å². The highest BCUT2D eigenvalue weighted by molar-refractivity contribution is 8.00. The maximum atomic E-state index is 10.8. The number of pyridine rings is 1. The van der Waals surface area contributed by atoms with E-state index in [9.17, 15) is 4.79 Å². The van der Waals surface area contributed by atoms with Gasteiger partial charge in [0.25, 0.3) is 0 Å². The lowest BCUT2D eigenvalue weighted by Crippen LogP contribution is -2.03. The van der Waals surface area contributed by atoms with Gasteiger partial charge in [0, 0.05) is 16.3 Å². The molecule has 0 spiro atoms. The summed E-state index contributed by atoms with van der Waals surface area (Å²) in [5.74, 6) is -0.962. The van der Waals surface area contributed by atoms with Gasteiger partial charge < -0.3 is 5.11 Å². The minimum atomic E-state index is -0.962. The molecule has 3 nitrogen and oxygen atoms in total. The number of hydrogen-bond donors (Lipinski definition) is 1. The maximum absolute atomic E-state index is 10.8. The molecule has 1 rings (SSSR count). The van der Waals surface area contributed by atoms with Gasteiger partial charge >= 0.3 is 5.97 Å². The van der Waals surface area contributed by atoms with Crippen molar-refractivity contribution in [2.45, 2.75) is 30.4 Å². The summed E-state index contributed by atoms with van der Waals surface area (Å²) in [6, 6.07) is 3.56. The third kappa shape index (κ3) is 2.73. The summed E-state index contributed by atoms with van der Waals surface area (Å²) < 4.78 is 0. The maximum Gasteiger partial charge on any atom is 0.355 e. The Labute approximate surface area is 87.6 Å². The molecule has 14 heavy (non-hydrogen) atoms. The molecule has 76 valence electrons. The number of thioether (sulfide) groups is 1. The average molecular weight is 211 g/mol. The van der Waals surface area contributed by atoms with Crippen LogP contribution in [0.2, 0.25) is 0 Å². The first kappa shape index (κ1) is 11.0. The van der Waals surface area contributed by atoms with Crippen LogP contribution in [-0.4, -0.2) is 21.3 Å². The van der Waals surface area contributed by atoms with E-state index < -0.39 is 5.97 Å². The largest absolute Gasteiger partial charge is 0.476 e. The molecule has 1 unspecified atom stereocenters. The fourth-order valence-corrected chi connectivity index (χ4v) is 1.96. The van der Waals surface area contributed by atoms with Crippen molar-refractivity contribution in [2.75, 3.05) is 0 Å². The first-order valence-corrected chi connectivity index (χ1v) is 5.38. The highest BCUT2D eigenvalue weighted by atomic mass is 32.2. The normalized spacial score (nSPS) is 12.4. The molecule has 0 bridgehead atoms. The summed E-state index contributed by atoms with van der Waals surface area (Å²) in [4.78, 5) is 15.4. The van der Waals surface area contributed by atoms with Crippen molar-refractivity contribution in [1.29, 1.82) is 0 Å². The summed E-state index contributed by atoms with van der Waals surface area (Å²) in [6.07, 6.45) is 2.52. The molecule has 0 aliphatic heterocycles. The molecule has 1 aromatic heterocycles. The van der Waals surface area contributed by atoms with Crippen LogP contribution >= 0.6 is 11.8 Å². The molecule has 1 N–H and O–H groups in total. The van der Waals surface area contributed by atoms with Crippen molar-refractivity contribution in [2.24, 2.45) is 0 Å². The molecular formula is C10H13NO2S. The lowest BCUT2D eigenvalue weighted by atomic mass is 10.3. The van der Waals surface area contributed by atoms with E-state index in [1.807, 2.05) is 0 Å². The molecule has 1 heterocycles. The van der Waals surface area contributed by atoms with Gasteiger partial charge in [-0.25, -0.2) is 9.78 Å². The number of nitrogens with zero attached hydrogens (tertiary/aromatic N) is 1. The molecule has 4 heteroatoms. The van der Waals surface area contributed by atoms with Crippen LogP contribution in [0.4, 0.5) is 0 Å². The first-order chi connectivity index (χ1) is 6.65. The predicted molar refractivity (Wildman–Crippen MR) is 56.8 cm³/mol. The van der Waals surface area contributed by atoms with Gasteiger partial charge in [0.2, 0.25) is 0 Å². The van der Waals surface area contributed by atoms with Gasteiger partial charge in [-0.15, -0.1) is 11.8 Å². The van der Waals surface area contributed by atoms with Crippen LogP contribution in [0.5, 0.6) is 0 Å². The summed E-state index contributed by atoms with van der Waals surface area (Å²) >= 11 is 1.56. The number of carboxylic acids is 1. The molecule has 0 aliphatic rings. The second-order valence-corrected chi connectivity index (χ2v) is 4.47. The Hall–Kier alpha value is -1.03. The SMILES string of the molecule is CCC(C)Sc1cccnc1C(=O)O. The van der Waals surface area contributed by atoms with Gasteiger partial charge in [-0.1, -0.05) is 13.8 Å². The lowest BCUT2D eigenvalue weighted by Gasteiger charge is -2.09. The second-order valence-electron chi connectivity index (χ2n) is 2.99. The Morgan fingerprint density at radius 2 is 2.43 bits per heavy atom. The van der Waals surface area contributed by atoms with Gasteiger partial charge in [0.1, 0.15) is 0 Å². The summed E-state index contributed by atoms with van der Waals surface area (Å²) in [5.41, 5.74) is 0.151. The van der Waals surface area contributed by atoms with E-state index in [2.05, 4.69) is 18.8 Å². The van der Waals surface area contributed by atoms with E-state index in [4.69, 9.17) is 5.11 Å². The molecule has 1 aromatic rings. The number of aromatic carboxylic acids is 1. The highest BCUT2D eigenvalue weighted by Crippen LogP contribution is 2.26. The molecule has 0 amide bonds. The third-order valence-corrected chi connectivity index (χ3v) is 3.20. The molecule has 0 saturated carbocycles. The molecule has 0 aromatic carbocycles. The van der Waals surface area contributed by atoms with E-state index in [0.717, 1.165) is 11.3 Å². The molecule has 0 fully saturated rings. The average Bonchev–Trinajstić information content (AvgIpc) is 2.18. The minimum Gasteiger partial charge on any atom is -0.476 e. The lowest BCUT2D eigenvalue weighted by molar-refractivity contribution is 0.0686. The number of rotatable bonds is 4. The van der Waals surface area contributed by atoms with Crippen LogP contribution in [-0.2, 0) is 0 Å². The standard InChI is InChI=1S/C10H13NO2S/c1-3-7(2)14-8-5-4-6-11-9(8)10(12)13/h4-7H,3H2,1-2H3,(H,12,13). The highest BCUT2D eigenvalue weighted by Gasteiger charge is 2.13. The van der Waals surface area contributed by atoms with E-state index >= 15 is 0 Å². The summed E-state index contributed by atoms with van der Waals surface area (Å²) in [6.45, 7) is 4.15. The van der Waals surface area contributed by atoms with E-state index in [-0.39, 0.29) is 5.69 Å². The van der Waals surface area contributed by atoms with E-state index in [1.165, 1.54) is 6.20 Å². The second kappa shape index (κ2) is 5.00. The zero-order chi connectivity index (χ0) is 10.6. The minimum absolute atomic E-state index is 0.151. The van der Waals surface area contributed by atoms with Crippen molar-refractivity contribution in [1.82, 2.24) is 4.98 Å². The monoisotopic (exact) mass is 211 g/mol. The van der Waals surface area contributed by atoms with Crippen LogP contribution in [0.25, 0.3) is 0 Å². The molecular weight excluding hydrogens is 198 g/mol. The quantitative estimate of drug-likeness (QED) is 0.778. The molecule has 0 saturated heterocycles. The fourth-order valence-electron chi connectivity index (χ4n) is 0.946. The van der Waals surface area contributed by atoms with E-state index in [1.54, 1.807) is 23.9 Å². The van der Waals surface area contributed by atoms with Gasteiger partial charge in [-0.05, 0) is 18.6 Å². The smallest absolute Gasteiger partial charge is 0.355 e. The van der Waals surface area contributed by atoms with Crippen LogP contribution in [0.1, 0.15) is 30.8 Å². The fraction of sp³-hybridized carbons (Fsp3) is 0.400. The van der Waals surface area contributed by atoms with Crippen molar-refractivity contribution in [3.05, 3.63) is 24.0 Å². The Balaban J connectivity index is 2.90. The van der Waals surface area contributed by atoms with Crippen LogP contribution in [0, 0.1) is 0 Å². The third-order valence-electron chi connectivity index (χ3n) is 1.88. The van der Waals surface area contributed by atoms with E-state index in [0.29, 0.717) is 5.25 Å². The topological polar surface area (TPSA) is 50.2 Å². The van der Waals surface area contributed by atoms with Crippen molar-refractivity contribution in [3.8, 4) is 0 Å². The van der Waals surface area contributed by atoms with Crippen molar-refractivity contribution >= 4 is 17.7 Å². The van der Waals surface area contributed by atoms with Gasteiger partial charge in [-0.2, -0.15) is 0 Å². The molecule has 0 aliphatic carbocycles. The Bertz CT molecular complexity index is 328.